The Morgan fingerprint density at radius 1 is 1.04 bits per heavy atom. The number of rotatable bonds is 15. The summed E-state index contributed by atoms with van der Waals surface area (Å²) in [6.45, 7) is 6.30. The number of ketones is 1. The third kappa shape index (κ3) is 14.0. The number of carbonyl (C=O) groups is 3. The number of nitroso groups, excluding NO2 is 1. The molecule has 156 valence electrons. The van der Waals surface area contributed by atoms with E-state index in [0.717, 1.165) is 11.2 Å². The number of carbonyl (C=O) groups excluding carboxylic acids is 3. The number of Topliss-reactive ketones (excluding diaryl/α,β-unsaturated/α-hetero) is 1. The molecule has 27 heavy (non-hydrogen) atoms. The summed E-state index contributed by atoms with van der Waals surface area (Å²) in [5.74, 6) is 0.195. The molecule has 8 nitrogen and oxygen atoms in total. The van der Waals surface area contributed by atoms with Crippen LogP contribution < -0.4 is 16.0 Å². The van der Waals surface area contributed by atoms with Crippen LogP contribution in [0.15, 0.2) is 0 Å². The molecular formula is C19H37N4O4+. The largest absolute Gasteiger partial charge is 0.356 e. The highest BCUT2D eigenvalue weighted by Crippen LogP contribution is 2.08. The maximum absolute atomic E-state index is 12.1. The summed E-state index contributed by atoms with van der Waals surface area (Å²) in [5.41, 5.74) is 0. The quantitative estimate of drug-likeness (QED) is 0.290. The highest BCUT2D eigenvalue weighted by molar-refractivity contribution is 5.79. The second-order valence-electron chi connectivity index (χ2n) is 7.38. The van der Waals surface area contributed by atoms with Crippen molar-refractivity contribution in [1.29, 1.82) is 0 Å². The third-order valence-electron chi connectivity index (χ3n) is 4.50. The summed E-state index contributed by atoms with van der Waals surface area (Å²) < 4.78 is 0.795. The summed E-state index contributed by atoms with van der Waals surface area (Å²) in [4.78, 5) is 46.5. The molecule has 0 fully saturated rings. The van der Waals surface area contributed by atoms with E-state index in [1.54, 1.807) is 7.05 Å². The van der Waals surface area contributed by atoms with Gasteiger partial charge < -0.3 is 16.0 Å². The Labute approximate surface area is 162 Å². The van der Waals surface area contributed by atoms with Crippen molar-refractivity contribution in [2.45, 2.75) is 71.4 Å². The van der Waals surface area contributed by atoms with Gasteiger partial charge in [0.2, 0.25) is 18.4 Å². The average Bonchev–Trinajstić information content (AvgIpc) is 2.56. The monoisotopic (exact) mass is 385 g/mol. The molecule has 0 radical (unpaired) electrons. The molecule has 0 bridgehead atoms. The fourth-order valence-corrected chi connectivity index (χ4v) is 2.76. The lowest BCUT2D eigenvalue weighted by atomic mass is 10.0. The summed E-state index contributed by atoms with van der Waals surface area (Å²) in [5, 5.41) is 8.72. The van der Waals surface area contributed by atoms with Crippen LogP contribution in [0.4, 0.5) is 0 Å². The second-order valence-corrected chi connectivity index (χ2v) is 7.38. The van der Waals surface area contributed by atoms with Crippen LogP contribution in [0.25, 0.3) is 0 Å². The molecule has 0 rings (SSSR count). The molecule has 3 unspecified atom stereocenters. The molecule has 3 N–H and O–H groups in total. The molecule has 0 saturated heterocycles. The number of hydrogen-bond donors (Lipinski definition) is 3. The van der Waals surface area contributed by atoms with Crippen molar-refractivity contribution in [3.05, 3.63) is 4.91 Å². The Morgan fingerprint density at radius 2 is 1.70 bits per heavy atom. The molecular weight excluding hydrogens is 348 g/mol. The third-order valence-corrected chi connectivity index (χ3v) is 4.50. The first-order valence-electron chi connectivity index (χ1n) is 9.78. The van der Waals surface area contributed by atoms with E-state index >= 15 is 0 Å². The smallest absolute Gasteiger partial charge is 0.221 e. The number of nitrogens with one attached hydrogen (secondary N) is 3. The Kier molecular flexibility index (Phi) is 13.3. The Hall–Kier alpha value is -1.83. The van der Waals surface area contributed by atoms with E-state index in [2.05, 4.69) is 16.0 Å². The maximum atomic E-state index is 12.1. The number of likely N-dealkylation sites (N-methyl/N-ethyl adjacent to an activating group) is 2. The molecule has 8 heteroatoms. The highest BCUT2D eigenvalue weighted by atomic mass is 16.3. The van der Waals surface area contributed by atoms with Crippen LogP contribution in [0, 0.1) is 10.8 Å². The van der Waals surface area contributed by atoms with Gasteiger partial charge in [-0.15, -0.1) is 0 Å². The van der Waals surface area contributed by atoms with Crippen LogP contribution in [0.1, 0.15) is 59.3 Å². The highest BCUT2D eigenvalue weighted by Gasteiger charge is 2.18. The fourth-order valence-electron chi connectivity index (χ4n) is 2.76. The van der Waals surface area contributed by atoms with Crippen molar-refractivity contribution >= 4 is 17.6 Å². The van der Waals surface area contributed by atoms with E-state index < -0.39 is 0 Å². The van der Waals surface area contributed by atoms with Crippen molar-refractivity contribution in [2.75, 3.05) is 27.2 Å². The molecule has 2 amide bonds. The van der Waals surface area contributed by atoms with Gasteiger partial charge in [0, 0.05) is 36.8 Å². The van der Waals surface area contributed by atoms with Gasteiger partial charge in [0.1, 0.15) is 5.78 Å². The fraction of sp³-hybridized carbons (Fsp3) is 0.842. The molecule has 0 aromatic heterocycles. The van der Waals surface area contributed by atoms with Crippen LogP contribution in [-0.2, 0) is 14.4 Å². The molecule has 0 aromatic rings. The predicted octanol–water partition coefficient (Wildman–Crippen LogP) is 1.17. The van der Waals surface area contributed by atoms with Crippen molar-refractivity contribution in [1.82, 2.24) is 16.0 Å². The van der Waals surface area contributed by atoms with E-state index in [1.807, 2.05) is 13.8 Å². The van der Waals surface area contributed by atoms with Gasteiger partial charge in [-0.25, -0.2) is 0 Å². The average molecular weight is 386 g/mol. The van der Waals surface area contributed by atoms with Crippen molar-refractivity contribution in [3.63, 3.8) is 0 Å². The Morgan fingerprint density at radius 3 is 2.22 bits per heavy atom. The molecule has 0 aliphatic rings. The summed E-state index contributed by atoms with van der Waals surface area (Å²) in [7, 11) is 3.14. The first kappa shape index (κ1) is 25.2. The zero-order valence-electron chi connectivity index (χ0n) is 17.5. The number of nitrogens with zero attached hydrogens (tertiary/aromatic N) is 1. The van der Waals surface area contributed by atoms with Crippen LogP contribution >= 0.6 is 0 Å². The topological polar surface area (TPSA) is 107 Å². The van der Waals surface area contributed by atoms with E-state index in [0.29, 0.717) is 38.1 Å². The van der Waals surface area contributed by atoms with E-state index in [4.69, 9.17) is 0 Å². The molecule has 0 aliphatic carbocycles. The van der Waals surface area contributed by atoms with Gasteiger partial charge in [-0.3, -0.25) is 14.4 Å². The van der Waals surface area contributed by atoms with E-state index in [-0.39, 0.29) is 42.6 Å². The standard InChI is InChI=1S/C19H36N4O4/c1-6-14(2)10-19(26)22-16(11-15(3)24)8-7-9-21-18(25)12-17(20-4)13-23(5)27/h14,16-17,20H,6-13H2,1-5H3,(H-,21,22,25,26)/p+1. The molecule has 0 saturated carbocycles. The van der Waals surface area contributed by atoms with Gasteiger partial charge in [0.25, 0.3) is 0 Å². The lowest BCUT2D eigenvalue weighted by Crippen LogP contribution is -2.39. The van der Waals surface area contributed by atoms with Gasteiger partial charge >= 0.3 is 0 Å². The van der Waals surface area contributed by atoms with Gasteiger partial charge in [-0.1, -0.05) is 20.3 Å². The van der Waals surface area contributed by atoms with Crippen molar-refractivity contribution in [3.8, 4) is 0 Å². The molecule has 3 atom stereocenters. The van der Waals surface area contributed by atoms with Gasteiger partial charge in [-0.05, 0) is 37.5 Å². The summed E-state index contributed by atoms with van der Waals surface area (Å²) in [6.07, 6.45) is 3.22. The van der Waals surface area contributed by atoms with Crippen LogP contribution in [-0.4, -0.2) is 61.6 Å². The molecule has 0 spiro atoms. The number of hydrogen-bond acceptors (Lipinski definition) is 5. The second kappa shape index (κ2) is 14.3. The molecule has 0 aliphatic heterocycles. The predicted molar refractivity (Wildman–Crippen MR) is 105 cm³/mol. The maximum Gasteiger partial charge on any atom is 0.221 e. The summed E-state index contributed by atoms with van der Waals surface area (Å²) >= 11 is 0. The van der Waals surface area contributed by atoms with Crippen LogP contribution in [0.3, 0.4) is 0 Å². The number of amides is 2. The van der Waals surface area contributed by atoms with Gasteiger partial charge in [0.15, 0.2) is 7.05 Å². The zero-order valence-corrected chi connectivity index (χ0v) is 17.5. The molecule has 0 aromatic carbocycles. The zero-order chi connectivity index (χ0) is 20.8. The van der Waals surface area contributed by atoms with Gasteiger partial charge in [0.05, 0.1) is 6.04 Å². The first-order chi connectivity index (χ1) is 12.7. The first-order valence-corrected chi connectivity index (χ1v) is 9.78. The lowest BCUT2D eigenvalue weighted by Gasteiger charge is -2.19. The van der Waals surface area contributed by atoms with E-state index in [9.17, 15) is 19.3 Å². The summed E-state index contributed by atoms with van der Waals surface area (Å²) in [6, 6.07) is -0.395. The van der Waals surface area contributed by atoms with Crippen LogP contribution in [0.2, 0.25) is 0 Å². The Bertz CT molecular complexity index is 496. The van der Waals surface area contributed by atoms with E-state index in [1.165, 1.54) is 14.0 Å². The minimum absolute atomic E-state index is 0.0294. The normalized spacial score (nSPS) is 14.1. The Balaban J connectivity index is 4.28. The van der Waals surface area contributed by atoms with Crippen LogP contribution in [0.5, 0.6) is 0 Å². The minimum Gasteiger partial charge on any atom is -0.356 e. The van der Waals surface area contributed by atoms with Crippen molar-refractivity contribution < 1.29 is 19.1 Å². The molecule has 0 heterocycles. The van der Waals surface area contributed by atoms with Gasteiger partial charge in [-0.2, -0.15) is 0 Å². The lowest BCUT2D eigenvalue weighted by molar-refractivity contribution is -0.521. The van der Waals surface area contributed by atoms with Crippen molar-refractivity contribution in [2.24, 2.45) is 5.92 Å². The SMILES string of the molecule is CCC(C)CC(=O)NC(CCCNC(=O)CC(C[N+](C)=O)NC)CC(C)=O. The minimum atomic E-state index is -0.199.